The number of anilines is 1. The summed E-state index contributed by atoms with van der Waals surface area (Å²) >= 11 is 11.9. The Kier molecular flexibility index (Phi) is 3.35. The van der Waals surface area contributed by atoms with Crippen LogP contribution in [0, 0.1) is 9.87 Å². The van der Waals surface area contributed by atoms with Gasteiger partial charge in [0.15, 0.2) is 9.07 Å². The highest BCUT2D eigenvalue weighted by atomic mass is 32.1. The number of aromatic amines is 1. The van der Waals surface area contributed by atoms with Crippen LogP contribution in [0.5, 0.6) is 0 Å². The molecule has 0 aliphatic carbocycles. The van der Waals surface area contributed by atoms with Gasteiger partial charge in [0.1, 0.15) is 6.04 Å². The van der Waals surface area contributed by atoms with Crippen LogP contribution in [-0.4, -0.2) is 22.0 Å². The zero-order chi connectivity index (χ0) is 14.4. The Morgan fingerprint density at radius 2 is 2.10 bits per heavy atom. The number of fused-ring (bicyclic) bond motifs is 1. The normalized spacial score (nSPS) is 19.1. The van der Waals surface area contributed by atoms with Crippen molar-refractivity contribution in [3.63, 3.8) is 0 Å². The minimum absolute atomic E-state index is 0.00322. The van der Waals surface area contributed by atoms with Crippen LogP contribution in [-0.2, 0) is 4.79 Å². The van der Waals surface area contributed by atoms with E-state index in [4.69, 9.17) is 24.4 Å². The third-order valence-corrected chi connectivity index (χ3v) is 4.80. The maximum atomic E-state index is 12.5. The Balaban J connectivity index is 2.04. The van der Waals surface area contributed by atoms with Gasteiger partial charge in [0.2, 0.25) is 0 Å². The lowest BCUT2D eigenvalue weighted by Crippen LogP contribution is -2.34. The molecule has 7 heteroatoms. The highest BCUT2D eigenvalue weighted by Crippen LogP contribution is 2.28. The van der Waals surface area contributed by atoms with E-state index in [2.05, 4.69) is 10.3 Å². The van der Waals surface area contributed by atoms with E-state index >= 15 is 0 Å². The summed E-state index contributed by atoms with van der Waals surface area (Å²) in [7, 11) is 0. The SMILES string of the molecule is CC(C)C1NC(=S)N(c2ccc3[nH]c(=S)sc3c2)C1=O. The van der Waals surface area contributed by atoms with Gasteiger partial charge in [0, 0.05) is 0 Å². The number of rotatable bonds is 2. The molecule has 1 saturated heterocycles. The zero-order valence-electron chi connectivity index (χ0n) is 11.0. The molecular formula is C13H13N3OS3. The molecule has 1 aliphatic rings. The molecule has 1 aliphatic heterocycles. The lowest BCUT2D eigenvalue weighted by Gasteiger charge is -2.15. The number of nitrogens with one attached hydrogen (secondary N) is 2. The Hall–Kier alpha value is -1.31. The van der Waals surface area contributed by atoms with Crippen LogP contribution in [0.15, 0.2) is 18.2 Å². The van der Waals surface area contributed by atoms with Gasteiger partial charge in [-0.1, -0.05) is 13.8 Å². The van der Waals surface area contributed by atoms with E-state index in [-0.39, 0.29) is 17.9 Å². The molecule has 4 nitrogen and oxygen atoms in total. The zero-order valence-corrected chi connectivity index (χ0v) is 13.4. The molecule has 1 amide bonds. The largest absolute Gasteiger partial charge is 0.350 e. The summed E-state index contributed by atoms with van der Waals surface area (Å²) in [6, 6.07) is 5.51. The van der Waals surface area contributed by atoms with Gasteiger partial charge < -0.3 is 10.3 Å². The Bertz CT molecular complexity index is 762. The first kappa shape index (κ1) is 13.7. The molecule has 0 bridgehead atoms. The molecule has 1 fully saturated rings. The van der Waals surface area contributed by atoms with Crippen LogP contribution >= 0.6 is 35.8 Å². The highest BCUT2D eigenvalue weighted by Gasteiger charge is 2.38. The predicted octanol–water partition coefficient (Wildman–Crippen LogP) is 3.20. The second kappa shape index (κ2) is 4.91. The number of hydrogen-bond donors (Lipinski definition) is 2. The molecule has 3 rings (SSSR count). The Morgan fingerprint density at radius 1 is 1.35 bits per heavy atom. The number of thiocarbonyl (C=S) groups is 1. The van der Waals surface area contributed by atoms with Crippen LogP contribution in [0.3, 0.4) is 0 Å². The molecule has 2 aromatic rings. The number of H-pyrrole nitrogens is 1. The molecule has 1 aromatic heterocycles. The molecule has 2 N–H and O–H groups in total. The van der Waals surface area contributed by atoms with E-state index in [1.165, 1.54) is 11.3 Å². The number of amides is 1. The van der Waals surface area contributed by atoms with E-state index in [9.17, 15) is 4.79 Å². The first-order valence-corrected chi connectivity index (χ1v) is 7.88. The summed E-state index contributed by atoms with van der Waals surface area (Å²) in [5.41, 5.74) is 1.77. The lowest BCUT2D eigenvalue weighted by molar-refractivity contribution is -0.119. The third-order valence-electron chi connectivity index (χ3n) is 3.30. The first-order valence-electron chi connectivity index (χ1n) is 6.24. The number of benzene rings is 1. The fourth-order valence-electron chi connectivity index (χ4n) is 2.27. The van der Waals surface area contributed by atoms with Crippen molar-refractivity contribution in [3.8, 4) is 0 Å². The minimum Gasteiger partial charge on any atom is -0.350 e. The van der Waals surface area contributed by atoms with Crippen molar-refractivity contribution in [1.82, 2.24) is 10.3 Å². The van der Waals surface area contributed by atoms with Crippen molar-refractivity contribution in [3.05, 3.63) is 22.2 Å². The van der Waals surface area contributed by atoms with E-state index in [0.717, 1.165) is 19.9 Å². The van der Waals surface area contributed by atoms with Crippen LogP contribution in [0.1, 0.15) is 13.8 Å². The monoisotopic (exact) mass is 323 g/mol. The molecule has 0 spiro atoms. The Labute approximate surface area is 130 Å². The van der Waals surface area contributed by atoms with Crippen molar-refractivity contribution in [1.29, 1.82) is 0 Å². The van der Waals surface area contributed by atoms with Crippen molar-refractivity contribution in [2.45, 2.75) is 19.9 Å². The van der Waals surface area contributed by atoms with E-state index < -0.39 is 0 Å². The second-order valence-electron chi connectivity index (χ2n) is 5.04. The van der Waals surface area contributed by atoms with Gasteiger partial charge in [0.25, 0.3) is 5.91 Å². The number of aromatic nitrogens is 1. The topological polar surface area (TPSA) is 48.1 Å². The molecule has 1 atom stereocenters. The number of thiazole rings is 1. The van der Waals surface area contributed by atoms with Gasteiger partial charge in [-0.3, -0.25) is 9.69 Å². The first-order chi connectivity index (χ1) is 9.47. The predicted molar refractivity (Wildman–Crippen MR) is 88.9 cm³/mol. The minimum atomic E-state index is -0.248. The maximum Gasteiger partial charge on any atom is 0.256 e. The molecule has 104 valence electrons. The van der Waals surface area contributed by atoms with Gasteiger partial charge in [-0.05, 0) is 48.6 Å². The summed E-state index contributed by atoms with van der Waals surface area (Å²) in [5.74, 6) is 0.201. The molecule has 0 radical (unpaired) electrons. The van der Waals surface area contributed by atoms with Gasteiger partial charge in [-0.2, -0.15) is 0 Å². The molecule has 2 heterocycles. The van der Waals surface area contributed by atoms with Crippen LogP contribution in [0.4, 0.5) is 5.69 Å². The van der Waals surface area contributed by atoms with Crippen LogP contribution in [0.25, 0.3) is 10.2 Å². The molecule has 20 heavy (non-hydrogen) atoms. The highest BCUT2D eigenvalue weighted by molar-refractivity contribution is 7.80. The fraction of sp³-hybridized carbons (Fsp3) is 0.308. The number of carbonyl (C=O) groups is 1. The van der Waals surface area contributed by atoms with Gasteiger partial charge in [-0.15, -0.1) is 11.3 Å². The molecule has 0 saturated carbocycles. The van der Waals surface area contributed by atoms with E-state index in [1.54, 1.807) is 4.90 Å². The summed E-state index contributed by atoms with van der Waals surface area (Å²) in [5, 5.41) is 3.55. The van der Waals surface area contributed by atoms with Crippen LogP contribution < -0.4 is 10.2 Å². The standard InChI is InChI=1S/C13H13N3OS3/c1-6(2)10-11(17)16(12(18)15-10)7-3-4-8-9(5-7)20-13(19)14-8/h3-6,10H,1-2H3,(H,14,19)(H,15,18). The van der Waals surface area contributed by atoms with E-state index in [0.29, 0.717) is 5.11 Å². The van der Waals surface area contributed by atoms with Crippen molar-refractivity contribution in [2.75, 3.05) is 4.90 Å². The van der Waals surface area contributed by atoms with Crippen molar-refractivity contribution in [2.24, 2.45) is 5.92 Å². The molecular weight excluding hydrogens is 310 g/mol. The van der Waals surface area contributed by atoms with Crippen molar-refractivity contribution >= 4 is 62.7 Å². The fourth-order valence-corrected chi connectivity index (χ4v) is 3.74. The van der Waals surface area contributed by atoms with E-state index in [1.807, 2.05) is 32.0 Å². The number of nitrogens with zero attached hydrogens (tertiary/aromatic N) is 1. The second-order valence-corrected chi connectivity index (χ2v) is 7.15. The van der Waals surface area contributed by atoms with Crippen LogP contribution in [0.2, 0.25) is 0 Å². The molecule has 1 unspecified atom stereocenters. The number of hydrogen-bond acceptors (Lipinski definition) is 4. The summed E-state index contributed by atoms with van der Waals surface area (Å²) < 4.78 is 1.75. The average Bonchev–Trinajstić information content (AvgIpc) is 2.88. The lowest BCUT2D eigenvalue weighted by atomic mass is 10.0. The Morgan fingerprint density at radius 3 is 2.75 bits per heavy atom. The van der Waals surface area contributed by atoms with Gasteiger partial charge in [0.05, 0.1) is 15.9 Å². The summed E-state index contributed by atoms with van der Waals surface area (Å²) in [6.45, 7) is 4.01. The summed E-state index contributed by atoms with van der Waals surface area (Å²) in [4.78, 5) is 17.1. The smallest absolute Gasteiger partial charge is 0.256 e. The third kappa shape index (κ3) is 2.15. The quantitative estimate of drug-likeness (QED) is 0.833. The van der Waals surface area contributed by atoms with Gasteiger partial charge in [-0.25, -0.2) is 0 Å². The van der Waals surface area contributed by atoms with Gasteiger partial charge >= 0.3 is 0 Å². The average molecular weight is 323 g/mol. The maximum absolute atomic E-state index is 12.5. The summed E-state index contributed by atoms with van der Waals surface area (Å²) in [6.07, 6.45) is 0. The van der Waals surface area contributed by atoms with Crippen molar-refractivity contribution < 1.29 is 4.79 Å². The molecule has 1 aromatic carbocycles. The number of carbonyl (C=O) groups excluding carboxylic acids is 1.